The lowest BCUT2D eigenvalue weighted by molar-refractivity contribution is -0.274. The zero-order valence-electron chi connectivity index (χ0n) is 9.01. The number of nitrogens with zero attached hydrogens (tertiary/aromatic N) is 1. The summed E-state index contributed by atoms with van der Waals surface area (Å²) in [5.74, 6) is -0.672. The summed E-state index contributed by atoms with van der Waals surface area (Å²) in [6.07, 6.45) is -7.88. The molecule has 0 atom stereocenters. The highest BCUT2D eigenvalue weighted by atomic mass is 35.5. The zero-order valence-corrected chi connectivity index (χ0v) is 9.77. The van der Waals surface area contributed by atoms with Gasteiger partial charge in [0.15, 0.2) is 5.75 Å². The predicted molar refractivity (Wildman–Crippen MR) is 58.4 cm³/mol. The molecule has 1 aromatic heterocycles. The maximum Gasteiger partial charge on any atom is 0.573 e. The van der Waals surface area contributed by atoms with Gasteiger partial charge in [0, 0.05) is 5.39 Å². The van der Waals surface area contributed by atoms with E-state index in [0.717, 1.165) is 12.1 Å². The van der Waals surface area contributed by atoms with E-state index in [2.05, 4.69) is 9.72 Å². The number of alkyl halides is 5. The Morgan fingerprint density at radius 2 is 1.89 bits per heavy atom. The van der Waals surface area contributed by atoms with Crippen LogP contribution >= 0.6 is 11.6 Å². The van der Waals surface area contributed by atoms with Crippen molar-refractivity contribution in [1.29, 1.82) is 0 Å². The molecular weight excluding hydrogens is 293 g/mol. The molecule has 1 heterocycles. The number of hydrogen-bond acceptors (Lipinski definition) is 2. The van der Waals surface area contributed by atoms with Crippen LogP contribution in [0, 0.1) is 0 Å². The van der Waals surface area contributed by atoms with Crippen LogP contribution in [0.1, 0.15) is 12.1 Å². The number of rotatable bonds is 2. The molecule has 2 rings (SSSR count). The Morgan fingerprint density at radius 3 is 2.47 bits per heavy atom. The van der Waals surface area contributed by atoms with Gasteiger partial charge in [-0.1, -0.05) is 23.7 Å². The number of pyridine rings is 1. The minimum absolute atomic E-state index is 0.104. The first-order chi connectivity index (χ1) is 8.78. The summed E-state index contributed by atoms with van der Waals surface area (Å²) < 4.78 is 65.5. The molecular formula is C11H5ClF5NO. The molecule has 0 saturated heterocycles. The van der Waals surface area contributed by atoms with Crippen LogP contribution in [0.25, 0.3) is 10.9 Å². The second-order valence-corrected chi connectivity index (χ2v) is 3.94. The SMILES string of the molecule is FC(F)c1cc(Cl)c2cccc(OC(F)(F)F)c2n1. The van der Waals surface area contributed by atoms with Crippen molar-refractivity contribution in [2.24, 2.45) is 0 Å². The molecule has 0 aliphatic rings. The minimum Gasteiger partial charge on any atom is -0.403 e. The lowest BCUT2D eigenvalue weighted by Gasteiger charge is -2.12. The summed E-state index contributed by atoms with van der Waals surface area (Å²) in [7, 11) is 0. The second-order valence-electron chi connectivity index (χ2n) is 3.53. The molecule has 0 bridgehead atoms. The summed E-state index contributed by atoms with van der Waals surface area (Å²) in [6, 6.07) is 4.52. The number of hydrogen-bond donors (Lipinski definition) is 0. The van der Waals surface area contributed by atoms with Crippen LogP contribution in [-0.4, -0.2) is 11.3 Å². The second kappa shape index (κ2) is 4.80. The van der Waals surface area contributed by atoms with E-state index >= 15 is 0 Å². The molecule has 19 heavy (non-hydrogen) atoms. The molecule has 0 radical (unpaired) electrons. The third-order valence-corrected chi connectivity index (χ3v) is 2.53. The Morgan fingerprint density at radius 1 is 1.21 bits per heavy atom. The van der Waals surface area contributed by atoms with Gasteiger partial charge in [0.1, 0.15) is 11.2 Å². The Labute approximate surface area is 108 Å². The number of aromatic nitrogens is 1. The highest BCUT2D eigenvalue weighted by Gasteiger charge is 2.32. The van der Waals surface area contributed by atoms with Crippen molar-refractivity contribution in [3.05, 3.63) is 35.0 Å². The van der Waals surface area contributed by atoms with Crippen LogP contribution in [0.3, 0.4) is 0 Å². The maximum atomic E-state index is 12.6. The van der Waals surface area contributed by atoms with E-state index in [1.807, 2.05) is 0 Å². The monoisotopic (exact) mass is 297 g/mol. The molecule has 0 fully saturated rings. The molecule has 2 aromatic rings. The average molecular weight is 298 g/mol. The third kappa shape index (κ3) is 3.04. The van der Waals surface area contributed by atoms with E-state index in [0.29, 0.717) is 0 Å². The van der Waals surface area contributed by atoms with Crippen molar-refractivity contribution in [2.75, 3.05) is 0 Å². The van der Waals surface area contributed by atoms with Crippen LogP contribution in [0.5, 0.6) is 5.75 Å². The van der Waals surface area contributed by atoms with Crippen molar-refractivity contribution in [2.45, 2.75) is 12.8 Å². The number of fused-ring (bicyclic) bond motifs is 1. The van der Waals surface area contributed by atoms with Crippen LogP contribution in [-0.2, 0) is 0 Å². The lowest BCUT2D eigenvalue weighted by atomic mass is 10.2. The molecule has 0 aliphatic carbocycles. The van der Waals surface area contributed by atoms with Crippen molar-refractivity contribution in [3.63, 3.8) is 0 Å². The van der Waals surface area contributed by atoms with E-state index < -0.39 is 24.2 Å². The van der Waals surface area contributed by atoms with Gasteiger partial charge < -0.3 is 4.74 Å². The van der Waals surface area contributed by atoms with Crippen LogP contribution in [0.4, 0.5) is 22.0 Å². The standard InChI is InChI=1S/C11H5ClF5NO/c12-6-4-7(10(13)14)18-9-5(6)2-1-3-8(9)19-11(15,16)17/h1-4,10H. The van der Waals surface area contributed by atoms with Crippen LogP contribution in [0.2, 0.25) is 5.02 Å². The first-order valence-corrected chi connectivity index (χ1v) is 5.29. The number of halogens is 6. The highest BCUT2D eigenvalue weighted by molar-refractivity contribution is 6.35. The Balaban J connectivity index is 2.65. The lowest BCUT2D eigenvalue weighted by Crippen LogP contribution is -2.17. The first kappa shape index (κ1) is 13.8. The summed E-state index contributed by atoms with van der Waals surface area (Å²) in [5, 5.41) is -0.0132. The first-order valence-electron chi connectivity index (χ1n) is 4.91. The molecule has 0 N–H and O–H groups in total. The maximum absolute atomic E-state index is 12.6. The van der Waals surface area contributed by atoms with Gasteiger partial charge in [0.05, 0.1) is 5.02 Å². The van der Waals surface area contributed by atoms with E-state index in [4.69, 9.17) is 11.6 Å². The fourth-order valence-corrected chi connectivity index (χ4v) is 1.78. The topological polar surface area (TPSA) is 22.1 Å². The number of para-hydroxylation sites is 1. The van der Waals surface area contributed by atoms with Crippen LogP contribution < -0.4 is 4.74 Å². The molecule has 0 amide bonds. The molecule has 102 valence electrons. The van der Waals surface area contributed by atoms with E-state index in [1.165, 1.54) is 12.1 Å². The molecule has 0 spiro atoms. The van der Waals surface area contributed by atoms with Gasteiger partial charge in [-0.05, 0) is 12.1 Å². The third-order valence-electron chi connectivity index (χ3n) is 2.22. The largest absolute Gasteiger partial charge is 0.573 e. The molecule has 0 aliphatic heterocycles. The van der Waals surface area contributed by atoms with E-state index in [1.54, 1.807) is 0 Å². The average Bonchev–Trinajstić information content (AvgIpc) is 2.27. The van der Waals surface area contributed by atoms with Gasteiger partial charge >= 0.3 is 6.36 Å². The van der Waals surface area contributed by atoms with Gasteiger partial charge in [-0.25, -0.2) is 13.8 Å². The molecule has 0 unspecified atom stereocenters. The van der Waals surface area contributed by atoms with E-state index in [9.17, 15) is 22.0 Å². The Hall–Kier alpha value is -1.63. The van der Waals surface area contributed by atoms with Gasteiger partial charge in [-0.3, -0.25) is 0 Å². The summed E-state index contributed by atoms with van der Waals surface area (Å²) in [4.78, 5) is 3.46. The van der Waals surface area contributed by atoms with Crippen LogP contribution in [0.15, 0.2) is 24.3 Å². The van der Waals surface area contributed by atoms with Gasteiger partial charge in [-0.15, -0.1) is 13.2 Å². The summed E-state index contributed by atoms with van der Waals surface area (Å²) in [6.45, 7) is 0. The van der Waals surface area contributed by atoms with Crippen molar-refractivity contribution in [1.82, 2.24) is 4.98 Å². The minimum atomic E-state index is -4.94. The van der Waals surface area contributed by atoms with Gasteiger partial charge in [0.25, 0.3) is 6.43 Å². The molecule has 2 nitrogen and oxygen atoms in total. The Bertz CT molecular complexity index is 614. The zero-order chi connectivity index (χ0) is 14.2. The summed E-state index contributed by atoms with van der Waals surface area (Å²) >= 11 is 5.74. The summed E-state index contributed by atoms with van der Waals surface area (Å²) in [5.41, 5.74) is -1.07. The molecule has 0 saturated carbocycles. The quantitative estimate of drug-likeness (QED) is 0.748. The Kier molecular flexibility index (Phi) is 3.49. The number of benzene rings is 1. The molecule has 8 heteroatoms. The van der Waals surface area contributed by atoms with Crippen molar-refractivity contribution >= 4 is 22.5 Å². The normalized spacial score (nSPS) is 12.2. The fourth-order valence-electron chi connectivity index (χ4n) is 1.52. The fraction of sp³-hybridized carbons (Fsp3) is 0.182. The van der Waals surface area contributed by atoms with Crippen molar-refractivity contribution in [3.8, 4) is 5.75 Å². The molecule has 1 aromatic carbocycles. The highest BCUT2D eigenvalue weighted by Crippen LogP contribution is 2.34. The predicted octanol–water partition coefficient (Wildman–Crippen LogP) is 4.72. The van der Waals surface area contributed by atoms with Gasteiger partial charge in [-0.2, -0.15) is 0 Å². The smallest absolute Gasteiger partial charge is 0.403 e. The van der Waals surface area contributed by atoms with Gasteiger partial charge in [0.2, 0.25) is 0 Å². The van der Waals surface area contributed by atoms with Crippen molar-refractivity contribution < 1.29 is 26.7 Å². The van der Waals surface area contributed by atoms with E-state index in [-0.39, 0.29) is 15.9 Å². The number of ether oxygens (including phenoxy) is 1.